The van der Waals surface area contributed by atoms with Crippen molar-refractivity contribution >= 4 is 29.6 Å². The Kier molecular flexibility index (Phi) is 4.65. The van der Waals surface area contributed by atoms with Gasteiger partial charge in [0, 0.05) is 6.04 Å². The summed E-state index contributed by atoms with van der Waals surface area (Å²) in [5, 5.41) is 2.50. The van der Waals surface area contributed by atoms with Crippen LogP contribution in [0, 0.1) is 18.7 Å². The predicted molar refractivity (Wildman–Crippen MR) is 103 cm³/mol. The number of benzene rings is 1. The monoisotopic (exact) mass is 358 g/mol. The highest BCUT2D eigenvalue weighted by Gasteiger charge is 2.38. The van der Waals surface area contributed by atoms with E-state index in [2.05, 4.69) is 33.3 Å². The van der Waals surface area contributed by atoms with E-state index in [0.717, 1.165) is 24.6 Å². The summed E-state index contributed by atoms with van der Waals surface area (Å²) in [5.41, 5.74) is 1.38. The largest absolute Gasteiger partial charge is 0.346 e. The molecular formula is C19H23FN4S. The average molecular weight is 358 g/mol. The van der Waals surface area contributed by atoms with Crippen molar-refractivity contribution < 1.29 is 4.39 Å². The van der Waals surface area contributed by atoms with E-state index in [0.29, 0.717) is 17.0 Å². The lowest BCUT2D eigenvalue weighted by Gasteiger charge is -2.42. The topological polar surface area (TPSA) is 31.2 Å². The number of amidine groups is 1. The van der Waals surface area contributed by atoms with E-state index in [1.54, 1.807) is 19.1 Å². The molecule has 4 rings (SSSR count). The van der Waals surface area contributed by atoms with Gasteiger partial charge in [0.1, 0.15) is 11.7 Å². The molecule has 0 aromatic heterocycles. The Morgan fingerprint density at radius 2 is 2.08 bits per heavy atom. The lowest BCUT2D eigenvalue weighted by atomic mass is 10.00. The second kappa shape index (κ2) is 6.92. The lowest BCUT2D eigenvalue weighted by molar-refractivity contribution is 0.167. The summed E-state index contributed by atoms with van der Waals surface area (Å²) in [7, 11) is 2.19. The molecule has 25 heavy (non-hydrogen) atoms. The third-order valence-corrected chi connectivity index (χ3v) is 6.35. The number of hydrogen-bond acceptors (Lipinski definition) is 4. The summed E-state index contributed by atoms with van der Waals surface area (Å²) in [5.74, 6) is 0.820. The highest BCUT2D eigenvalue weighted by Crippen LogP contribution is 2.38. The van der Waals surface area contributed by atoms with Gasteiger partial charge in [-0.3, -0.25) is 0 Å². The quantitative estimate of drug-likeness (QED) is 0.806. The summed E-state index contributed by atoms with van der Waals surface area (Å²) < 4.78 is 13.5. The molecule has 1 aromatic rings. The van der Waals surface area contributed by atoms with Crippen LogP contribution in [-0.4, -0.2) is 53.5 Å². The van der Waals surface area contributed by atoms with Crippen LogP contribution >= 0.6 is 11.8 Å². The van der Waals surface area contributed by atoms with Gasteiger partial charge in [0.2, 0.25) is 0 Å². The van der Waals surface area contributed by atoms with Crippen LogP contribution in [0.4, 0.5) is 10.1 Å². The maximum Gasteiger partial charge on any atom is 0.140 e. The van der Waals surface area contributed by atoms with Crippen LogP contribution in [0.2, 0.25) is 0 Å². The second-order valence-corrected chi connectivity index (χ2v) is 8.04. The maximum atomic E-state index is 13.5. The number of piperidine rings is 1. The molecule has 3 heterocycles. The number of nitrogens with zero attached hydrogens (tertiary/aromatic N) is 4. The second-order valence-electron chi connectivity index (χ2n) is 7.01. The zero-order valence-electron chi connectivity index (χ0n) is 14.6. The van der Waals surface area contributed by atoms with Gasteiger partial charge >= 0.3 is 0 Å². The normalized spacial score (nSPS) is 28.8. The molecule has 0 saturated carbocycles. The van der Waals surface area contributed by atoms with Gasteiger partial charge in [-0.1, -0.05) is 6.08 Å². The van der Waals surface area contributed by atoms with Crippen LogP contribution < -0.4 is 0 Å². The van der Waals surface area contributed by atoms with Crippen LogP contribution in [-0.2, 0) is 0 Å². The molecule has 1 aromatic carbocycles. The summed E-state index contributed by atoms with van der Waals surface area (Å²) in [4.78, 5) is 14.2. The Morgan fingerprint density at radius 1 is 1.28 bits per heavy atom. The SMILES string of the molecule is Cc1cc(N=C2N=CN(C3CCN(C)CC3)C3SC=CC23)ccc1F. The molecular weight excluding hydrogens is 335 g/mol. The number of fused-ring (bicyclic) bond motifs is 1. The van der Waals surface area contributed by atoms with E-state index in [1.165, 1.54) is 18.9 Å². The molecule has 0 amide bonds. The third kappa shape index (κ3) is 3.37. The molecule has 3 aliphatic rings. The molecule has 2 atom stereocenters. The van der Waals surface area contributed by atoms with E-state index < -0.39 is 0 Å². The first kappa shape index (κ1) is 16.8. The van der Waals surface area contributed by atoms with E-state index in [-0.39, 0.29) is 11.7 Å². The van der Waals surface area contributed by atoms with Crippen molar-refractivity contribution in [1.82, 2.24) is 9.80 Å². The number of rotatable bonds is 2. The fourth-order valence-corrected chi connectivity index (χ4v) is 4.84. The van der Waals surface area contributed by atoms with Gasteiger partial charge in [0.25, 0.3) is 0 Å². The van der Waals surface area contributed by atoms with Gasteiger partial charge in [-0.05, 0) is 69.1 Å². The van der Waals surface area contributed by atoms with E-state index >= 15 is 0 Å². The number of halogens is 1. The number of hydrogen-bond donors (Lipinski definition) is 0. The lowest BCUT2D eigenvalue weighted by Crippen LogP contribution is -2.51. The molecule has 3 aliphatic heterocycles. The molecule has 1 saturated heterocycles. The molecule has 0 bridgehead atoms. The molecule has 0 spiro atoms. The first-order chi connectivity index (χ1) is 12.1. The van der Waals surface area contributed by atoms with Crippen LogP contribution in [0.5, 0.6) is 0 Å². The van der Waals surface area contributed by atoms with Gasteiger partial charge < -0.3 is 9.80 Å². The fraction of sp³-hybridized carbons (Fsp3) is 0.474. The van der Waals surface area contributed by atoms with Crippen LogP contribution in [0.25, 0.3) is 0 Å². The van der Waals surface area contributed by atoms with Gasteiger partial charge in [0.05, 0.1) is 23.3 Å². The Balaban J connectivity index is 1.59. The Hall–Kier alpha value is -1.66. The number of thioether (sulfide) groups is 1. The molecule has 2 unspecified atom stereocenters. The van der Waals surface area contributed by atoms with E-state index in [9.17, 15) is 4.39 Å². The Labute approximate surface area is 152 Å². The van der Waals surface area contributed by atoms with Crippen molar-refractivity contribution in [2.75, 3.05) is 20.1 Å². The molecule has 6 heteroatoms. The smallest absolute Gasteiger partial charge is 0.140 e. The zero-order valence-corrected chi connectivity index (χ0v) is 15.4. The first-order valence-corrected chi connectivity index (χ1v) is 9.73. The minimum Gasteiger partial charge on any atom is -0.346 e. The number of aliphatic imine (C=N–C) groups is 2. The van der Waals surface area contributed by atoms with Crippen molar-refractivity contribution in [3.05, 3.63) is 41.1 Å². The standard InChI is InChI=1S/C19H23FN4S/c1-13-11-14(3-4-17(13)20)22-18-16-7-10-25-19(16)24(12-21-18)15-5-8-23(2)9-6-15/h3-4,7,10-12,15-16,19H,5-6,8-9H2,1-2H3. The maximum absolute atomic E-state index is 13.5. The van der Waals surface area contributed by atoms with Gasteiger partial charge in [-0.25, -0.2) is 14.4 Å². The van der Waals surface area contributed by atoms with Crippen molar-refractivity contribution in [2.24, 2.45) is 15.9 Å². The van der Waals surface area contributed by atoms with Gasteiger partial charge in [-0.2, -0.15) is 0 Å². The summed E-state index contributed by atoms with van der Waals surface area (Å²) in [6, 6.07) is 5.52. The van der Waals surface area contributed by atoms with Crippen molar-refractivity contribution in [3.63, 3.8) is 0 Å². The molecule has 0 radical (unpaired) electrons. The van der Waals surface area contributed by atoms with Crippen molar-refractivity contribution in [1.29, 1.82) is 0 Å². The van der Waals surface area contributed by atoms with Gasteiger partial charge in [0.15, 0.2) is 0 Å². The highest BCUT2D eigenvalue weighted by molar-refractivity contribution is 8.03. The first-order valence-electron chi connectivity index (χ1n) is 8.79. The van der Waals surface area contributed by atoms with Crippen LogP contribution in [0.1, 0.15) is 18.4 Å². The number of aryl methyl sites for hydroxylation is 1. The molecule has 132 valence electrons. The van der Waals surface area contributed by atoms with Crippen LogP contribution in [0.15, 0.2) is 39.7 Å². The minimum atomic E-state index is -0.196. The molecule has 4 nitrogen and oxygen atoms in total. The van der Waals surface area contributed by atoms with Gasteiger partial charge in [-0.15, -0.1) is 11.8 Å². The molecule has 1 fully saturated rings. The van der Waals surface area contributed by atoms with Crippen LogP contribution in [0.3, 0.4) is 0 Å². The zero-order chi connectivity index (χ0) is 17.4. The average Bonchev–Trinajstić information content (AvgIpc) is 3.10. The van der Waals surface area contributed by atoms with E-state index in [1.807, 2.05) is 18.1 Å². The molecule has 0 N–H and O–H groups in total. The summed E-state index contributed by atoms with van der Waals surface area (Å²) in [6.07, 6.45) is 6.53. The summed E-state index contributed by atoms with van der Waals surface area (Å²) in [6.45, 7) is 4.04. The Bertz CT molecular complexity index is 737. The number of likely N-dealkylation sites (tertiary alicyclic amines) is 1. The highest BCUT2D eigenvalue weighted by atomic mass is 32.2. The minimum absolute atomic E-state index is 0.194. The van der Waals surface area contributed by atoms with Crippen molar-refractivity contribution in [3.8, 4) is 0 Å². The van der Waals surface area contributed by atoms with E-state index in [4.69, 9.17) is 4.99 Å². The fourth-order valence-electron chi connectivity index (χ4n) is 3.67. The van der Waals surface area contributed by atoms with Crippen molar-refractivity contribution in [2.45, 2.75) is 31.2 Å². The third-order valence-electron chi connectivity index (χ3n) is 5.22. The molecule has 0 aliphatic carbocycles. The Morgan fingerprint density at radius 3 is 2.84 bits per heavy atom. The summed E-state index contributed by atoms with van der Waals surface area (Å²) >= 11 is 1.85. The predicted octanol–water partition coefficient (Wildman–Crippen LogP) is 3.81.